The van der Waals surface area contributed by atoms with E-state index in [2.05, 4.69) is 12.2 Å². The Hall–Kier alpha value is -2.50. The highest BCUT2D eigenvalue weighted by atomic mass is 32.2. The highest BCUT2D eigenvalue weighted by Gasteiger charge is 2.17. The molecule has 4 N–H and O–H groups in total. The van der Waals surface area contributed by atoms with Crippen molar-refractivity contribution in [2.24, 2.45) is 0 Å². The number of nitrogens with two attached hydrogens (primary N) is 1. The van der Waals surface area contributed by atoms with E-state index in [-0.39, 0.29) is 5.04 Å². The maximum absolute atomic E-state index is 13.2. The first kappa shape index (κ1) is 20.2. The smallest absolute Gasteiger partial charge is 0.133 e. The molecule has 28 heavy (non-hydrogen) atoms. The zero-order valence-electron chi connectivity index (χ0n) is 16.2. The Morgan fingerprint density at radius 3 is 2.68 bits per heavy atom. The topological polar surface area (TPSA) is 79.0 Å². The number of unbranched alkanes of at least 4 members (excludes halogenated alkanes) is 1. The number of fused-ring (bicyclic) bond motifs is 1. The van der Waals surface area contributed by atoms with Crippen molar-refractivity contribution >= 4 is 32.3 Å². The van der Waals surface area contributed by atoms with Gasteiger partial charge in [0.1, 0.15) is 15.8 Å². The molecule has 3 aromatic rings. The Labute approximate surface area is 169 Å². The predicted molar refractivity (Wildman–Crippen MR) is 120 cm³/mol. The van der Waals surface area contributed by atoms with Crippen molar-refractivity contribution in [2.75, 3.05) is 18.8 Å². The number of hydrogen-bond donors (Lipinski definition) is 3. The lowest BCUT2D eigenvalue weighted by atomic mass is 10.0. The first-order valence-electron chi connectivity index (χ1n) is 9.69. The van der Waals surface area contributed by atoms with Gasteiger partial charge in [-0.1, -0.05) is 49.4 Å². The maximum atomic E-state index is 13.2. The molecule has 0 saturated carbocycles. The van der Waals surface area contributed by atoms with Gasteiger partial charge in [-0.25, -0.2) is 4.21 Å². The Morgan fingerprint density at radius 1 is 1.07 bits per heavy atom. The van der Waals surface area contributed by atoms with Crippen LogP contribution in [0.1, 0.15) is 30.9 Å². The summed E-state index contributed by atoms with van der Waals surface area (Å²) in [5, 5.41) is 13.9. The molecule has 0 fully saturated rings. The quantitative estimate of drug-likeness (QED) is 0.228. The van der Waals surface area contributed by atoms with Crippen LogP contribution in [0.15, 0.2) is 65.6 Å². The van der Waals surface area contributed by atoms with Gasteiger partial charge in [-0.05, 0) is 66.9 Å². The third-order valence-corrected chi connectivity index (χ3v) is 6.16. The van der Waals surface area contributed by atoms with Gasteiger partial charge in [-0.2, -0.15) is 0 Å². The minimum atomic E-state index is -1.59. The van der Waals surface area contributed by atoms with Crippen LogP contribution in [0.4, 0.5) is 5.69 Å². The van der Waals surface area contributed by atoms with Gasteiger partial charge in [0.15, 0.2) is 0 Å². The number of rotatable bonds is 8. The number of benzene rings is 3. The molecule has 1 atom stereocenters. The van der Waals surface area contributed by atoms with Gasteiger partial charge in [0.25, 0.3) is 0 Å². The van der Waals surface area contributed by atoms with Gasteiger partial charge in [0, 0.05) is 11.3 Å². The number of nitrogen functional groups attached to an aromatic ring is 1. The molecule has 0 bridgehead atoms. The van der Waals surface area contributed by atoms with E-state index in [0.717, 1.165) is 48.7 Å². The van der Waals surface area contributed by atoms with Gasteiger partial charge in [0.2, 0.25) is 0 Å². The van der Waals surface area contributed by atoms with Crippen LogP contribution in [0.25, 0.3) is 10.8 Å². The molecule has 3 rings (SSSR count). The zero-order chi connectivity index (χ0) is 19.9. The van der Waals surface area contributed by atoms with Crippen molar-refractivity contribution in [3.05, 3.63) is 71.8 Å². The second-order valence-corrected chi connectivity index (χ2v) is 8.19. The second kappa shape index (κ2) is 9.62. The van der Waals surface area contributed by atoms with Crippen LogP contribution in [0, 0.1) is 5.41 Å². The lowest BCUT2D eigenvalue weighted by Gasteiger charge is -2.12. The first-order valence-corrected chi connectivity index (χ1v) is 10.8. The summed E-state index contributed by atoms with van der Waals surface area (Å²) in [5.74, 6) is 0. The average Bonchev–Trinajstić information content (AvgIpc) is 2.73. The van der Waals surface area contributed by atoms with Crippen molar-refractivity contribution in [3.63, 3.8) is 0 Å². The van der Waals surface area contributed by atoms with Crippen LogP contribution < -0.4 is 11.1 Å². The third kappa shape index (κ3) is 4.66. The molecule has 3 aromatic carbocycles. The largest absolute Gasteiger partial charge is 0.398 e. The molecule has 0 radical (unpaired) electrons. The van der Waals surface area contributed by atoms with Crippen molar-refractivity contribution in [3.8, 4) is 0 Å². The van der Waals surface area contributed by atoms with Crippen LogP contribution in [0.3, 0.4) is 0 Å². The summed E-state index contributed by atoms with van der Waals surface area (Å²) < 4.78 is 13.2. The summed E-state index contributed by atoms with van der Waals surface area (Å²) in [7, 11) is -1.59. The molecule has 0 aliphatic carbocycles. The molecule has 0 saturated heterocycles. The van der Waals surface area contributed by atoms with E-state index in [4.69, 9.17) is 11.1 Å². The Bertz CT molecular complexity index is 995. The van der Waals surface area contributed by atoms with E-state index in [1.54, 1.807) is 0 Å². The first-order chi connectivity index (χ1) is 13.6. The number of anilines is 1. The Balaban J connectivity index is 1.81. The van der Waals surface area contributed by atoms with Crippen LogP contribution in [-0.4, -0.2) is 22.3 Å². The molecule has 146 valence electrons. The highest BCUT2D eigenvalue weighted by molar-refractivity contribution is 8.01. The zero-order valence-corrected chi connectivity index (χ0v) is 17.0. The lowest BCUT2D eigenvalue weighted by Crippen LogP contribution is -2.14. The van der Waals surface area contributed by atoms with Crippen molar-refractivity contribution in [1.29, 1.82) is 5.41 Å². The van der Waals surface area contributed by atoms with Gasteiger partial charge >= 0.3 is 0 Å². The third-order valence-electron chi connectivity index (χ3n) is 4.82. The number of hydrogen-bond acceptors (Lipinski definition) is 4. The lowest BCUT2D eigenvalue weighted by molar-refractivity contribution is 0.641. The van der Waals surface area contributed by atoms with Gasteiger partial charge < -0.3 is 11.1 Å². The van der Waals surface area contributed by atoms with Crippen LogP contribution in [0.2, 0.25) is 0 Å². The van der Waals surface area contributed by atoms with Crippen molar-refractivity contribution < 1.29 is 4.21 Å². The molecular formula is C23H27N3OS. The van der Waals surface area contributed by atoms with Crippen molar-refractivity contribution in [1.82, 2.24) is 5.32 Å². The van der Waals surface area contributed by atoms with E-state index >= 15 is 0 Å². The predicted octanol–water partition coefficient (Wildman–Crippen LogP) is 4.49. The van der Waals surface area contributed by atoms with E-state index in [9.17, 15) is 4.21 Å². The molecule has 0 aliphatic heterocycles. The molecule has 0 amide bonds. The van der Waals surface area contributed by atoms with E-state index in [1.165, 1.54) is 0 Å². The summed E-state index contributed by atoms with van der Waals surface area (Å²) in [6, 6.07) is 19.3. The maximum Gasteiger partial charge on any atom is 0.133 e. The SMILES string of the molecule is CCNCCCCc1ccc(N)c(C(=N)S(=O)c2cccc3ccccc23)c1. The molecule has 0 aromatic heterocycles. The fourth-order valence-corrected chi connectivity index (χ4v) is 4.46. The average molecular weight is 394 g/mol. The number of aryl methyl sites for hydroxylation is 1. The van der Waals surface area contributed by atoms with Crippen LogP contribution >= 0.6 is 0 Å². The standard InChI is InChI=1S/C23H27N3OS/c1-2-26-15-6-5-8-17-13-14-21(24)20(16-17)23(25)28(27)22-12-7-10-18-9-3-4-11-19(18)22/h3-4,7,9-14,16,25-26H,2,5-6,8,15,24H2,1H3. The molecule has 0 aliphatic rings. The summed E-state index contributed by atoms with van der Waals surface area (Å²) in [5.41, 5.74) is 8.31. The Kier molecular flexibility index (Phi) is 6.95. The molecule has 4 nitrogen and oxygen atoms in total. The fourth-order valence-electron chi connectivity index (χ4n) is 3.28. The minimum absolute atomic E-state index is 0.0587. The molecule has 1 unspecified atom stereocenters. The second-order valence-electron chi connectivity index (χ2n) is 6.81. The fraction of sp³-hybridized carbons (Fsp3) is 0.261. The van der Waals surface area contributed by atoms with Gasteiger partial charge in [-0.3, -0.25) is 5.41 Å². The summed E-state index contributed by atoms with van der Waals surface area (Å²) in [6.07, 6.45) is 3.09. The Morgan fingerprint density at radius 2 is 1.86 bits per heavy atom. The highest BCUT2D eigenvalue weighted by Crippen LogP contribution is 2.25. The van der Waals surface area contributed by atoms with E-state index in [1.807, 2.05) is 60.7 Å². The summed E-state index contributed by atoms with van der Waals surface area (Å²) in [6.45, 7) is 4.11. The minimum Gasteiger partial charge on any atom is -0.398 e. The van der Waals surface area contributed by atoms with Gasteiger partial charge in [0.05, 0.1) is 4.90 Å². The summed E-state index contributed by atoms with van der Waals surface area (Å²) >= 11 is 0. The van der Waals surface area contributed by atoms with Crippen molar-refractivity contribution in [2.45, 2.75) is 31.1 Å². The monoisotopic (exact) mass is 393 g/mol. The normalized spacial score (nSPS) is 12.2. The van der Waals surface area contributed by atoms with E-state index in [0.29, 0.717) is 16.1 Å². The molecule has 0 spiro atoms. The number of nitrogens with one attached hydrogen (secondary N) is 2. The van der Waals surface area contributed by atoms with Gasteiger partial charge in [-0.15, -0.1) is 0 Å². The molecular weight excluding hydrogens is 366 g/mol. The summed E-state index contributed by atoms with van der Waals surface area (Å²) in [4.78, 5) is 0.651. The van der Waals surface area contributed by atoms with Crippen LogP contribution in [0.5, 0.6) is 0 Å². The van der Waals surface area contributed by atoms with E-state index < -0.39 is 10.8 Å². The van der Waals surface area contributed by atoms with Crippen LogP contribution in [-0.2, 0) is 17.2 Å². The molecule has 5 heteroatoms. The molecule has 0 heterocycles.